The van der Waals surface area contributed by atoms with Crippen LogP contribution in [0.15, 0.2) is 24.3 Å². The number of nitrogens with zero attached hydrogens (tertiary/aromatic N) is 5. The highest BCUT2D eigenvalue weighted by Crippen LogP contribution is 2.28. The highest BCUT2D eigenvalue weighted by atomic mass is 16.2. The minimum atomic E-state index is -0.160. The molecular weight excluding hydrogens is 390 g/mol. The van der Waals surface area contributed by atoms with Gasteiger partial charge in [0.25, 0.3) is 5.91 Å². The zero-order valence-electron chi connectivity index (χ0n) is 18.9. The van der Waals surface area contributed by atoms with Crippen LogP contribution < -0.4 is 0 Å². The summed E-state index contributed by atoms with van der Waals surface area (Å²) in [7, 11) is 0. The van der Waals surface area contributed by atoms with Gasteiger partial charge in [0.15, 0.2) is 0 Å². The van der Waals surface area contributed by atoms with Crippen LogP contribution in [-0.2, 0) is 4.79 Å². The molecule has 0 spiro atoms. The molecule has 7 nitrogen and oxygen atoms in total. The highest BCUT2D eigenvalue weighted by Gasteiger charge is 2.29. The Kier molecular flexibility index (Phi) is 6.39. The average Bonchev–Trinajstić information content (AvgIpc) is 3.42. The molecule has 1 aliphatic carbocycles. The molecule has 2 aliphatic rings. The lowest BCUT2D eigenvalue weighted by molar-refractivity contribution is -0.133. The first-order valence-electron chi connectivity index (χ1n) is 11.5. The fraction of sp³-hybridized carbons (Fsp3) is 0.583. The Balaban J connectivity index is 1.41. The van der Waals surface area contributed by atoms with Crippen molar-refractivity contribution in [2.75, 3.05) is 26.2 Å². The monoisotopic (exact) mass is 423 g/mol. The number of carbonyl (C=O) groups is 2. The van der Waals surface area contributed by atoms with Crippen molar-refractivity contribution in [2.24, 2.45) is 5.92 Å². The number of hydrogen-bond donors (Lipinski definition) is 0. The third kappa shape index (κ3) is 4.65. The molecule has 1 aromatic heterocycles. The van der Waals surface area contributed by atoms with Crippen LogP contribution in [0.5, 0.6) is 0 Å². The number of rotatable bonds is 5. The summed E-state index contributed by atoms with van der Waals surface area (Å²) < 4.78 is 1.77. The summed E-state index contributed by atoms with van der Waals surface area (Å²) in [4.78, 5) is 33.8. The smallest absolute Gasteiger partial charge is 0.293 e. The first-order chi connectivity index (χ1) is 14.9. The number of para-hydroxylation sites is 1. The fourth-order valence-corrected chi connectivity index (χ4v) is 4.77. The minimum absolute atomic E-state index is 0.160. The van der Waals surface area contributed by atoms with E-state index < -0.39 is 0 Å². The third-order valence-electron chi connectivity index (χ3n) is 6.60. The third-order valence-corrected chi connectivity index (χ3v) is 6.60. The Hall–Kier alpha value is -2.70. The van der Waals surface area contributed by atoms with E-state index in [1.165, 1.54) is 31.2 Å². The highest BCUT2D eigenvalue weighted by molar-refractivity contribution is 5.90. The first kappa shape index (κ1) is 21.5. The summed E-state index contributed by atoms with van der Waals surface area (Å²) >= 11 is 0. The van der Waals surface area contributed by atoms with Gasteiger partial charge in [-0.05, 0) is 43.2 Å². The fourth-order valence-electron chi connectivity index (χ4n) is 4.77. The summed E-state index contributed by atoms with van der Waals surface area (Å²) in [6.45, 7) is 8.41. The van der Waals surface area contributed by atoms with Gasteiger partial charge < -0.3 is 9.80 Å². The van der Waals surface area contributed by atoms with Gasteiger partial charge >= 0.3 is 0 Å². The Bertz CT molecular complexity index is 937. The first-order valence-corrected chi connectivity index (χ1v) is 11.5. The van der Waals surface area contributed by atoms with E-state index in [2.05, 4.69) is 30.0 Å². The van der Waals surface area contributed by atoms with Gasteiger partial charge in [-0.3, -0.25) is 9.59 Å². The summed E-state index contributed by atoms with van der Waals surface area (Å²) in [6.07, 6.45) is 5.52. The second-order valence-corrected chi connectivity index (χ2v) is 9.14. The van der Waals surface area contributed by atoms with Gasteiger partial charge in [-0.25, -0.2) is 9.67 Å². The van der Waals surface area contributed by atoms with E-state index in [4.69, 9.17) is 0 Å². The zero-order valence-corrected chi connectivity index (χ0v) is 18.9. The van der Waals surface area contributed by atoms with Crippen molar-refractivity contribution in [2.45, 2.75) is 58.8 Å². The normalized spacial score (nSPS) is 17.5. The second-order valence-electron chi connectivity index (χ2n) is 9.14. The summed E-state index contributed by atoms with van der Waals surface area (Å²) in [5.74, 6) is 1.89. The number of carbonyl (C=O) groups excluding carboxylic acids is 2. The van der Waals surface area contributed by atoms with E-state index in [9.17, 15) is 9.59 Å². The van der Waals surface area contributed by atoms with Crippen LogP contribution in [0.2, 0.25) is 0 Å². The summed E-state index contributed by atoms with van der Waals surface area (Å²) in [5.41, 5.74) is 2.13. The molecule has 1 saturated carbocycles. The Morgan fingerprint density at radius 3 is 2.35 bits per heavy atom. The van der Waals surface area contributed by atoms with E-state index in [1.807, 2.05) is 30.0 Å². The number of aryl methyl sites for hydroxylation is 1. The molecule has 0 atom stereocenters. The van der Waals surface area contributed by atoms with Crippen molar-refractivity contribution in [1.82, 2.24) is 24.6 Å². The predicted molar refractivity (Wildman–Crippen MR) is 119 cm³/mol. The maximum absolute atomic E-state index is 13.1. The SMILES string of the molecule is Cc1nc(C(=O)N2CCN(C(=O)CC3CCCC3)CC2)nn1-c1ccccc1C(C)C. The van der Waals surface area contributed by atoms with Gasteiger partial charge in [-0.15, -0.1) is 5.10 Å². The number of amides is 2. The predicted octanol–water partition coefficient (Wildman–Crippen LogP) is 3.56. The van der Waals surface area contributed by atoms with E-state index in [0.29, 0.717) is 50.3 Å². The molecule has 0 unspecified atom stereocenters. The molecule has 0 radical (unpaired) electrons. The van der Waals surface area contributed by atoms with Gasteiger partial charge in [-0.2, -0.15) is 0 Å². The average molecular weight is 424 g/mol. The number of benzene rings is 1. The lowest BCUT2D eigenvalue weighted by Crippen LogP contribution is -2.51. The molecule has 166 valence electrons. The molecule has 2 amide bonds. The molecule has 2 heterocycles. The van der Waals surface area contributed by atoms with E-state index in [-0.39, 0.29) is 17.6 Å². The van der Waals surface area contributed by atoms with E-state index >= 15 is 0 Å². The minimum Gasteiger partial charge on any atom is -0.339 e. The van der Waals surface area contributed by atoms with Crippen molar-refractivity contribution >= 4 is 11.8 Å². The van der Waals surface area contributed by atoms with Gasteiger partial charge in [0.05, 0.1) is 5.69 Å². The largest absolute Gasteiger partial charge is 0.339 e. The van der Waals surface area contributed by atoms with Crippen molar-refractivity contribution in [1.29, 1.82) is 0 Å². The van der Waals surface area contributed by atoms with Gasteiger partial charge in [0.1, 0.15) is 5.82 Å². The van der Waals surface area contributed by atoms with Crippen LogP contribution in [0, 0.1) is 12.8 Å². The Labute approximate surface area is 184 Å². The van der Waals surface area contributed by atoms with Crippen LogP contribution in [-0.4, -0.2) is 62.6 Å². The number of aromatic nitrogens is 3. The lowest BCUT2D eigenvalue weighted by atomic mass is 10.0. The standard InChI is InChI=1S/C24H33N5O2/c1-17(2)20-10-6-7-11-21(20)29-18(3)25-23(26-29)24(31)28-14-12-27(13-15-28)22(30)16-19-8-4-5-9-19/h6-7,10-11,17,19H,4-5,8-9,12-16H2,1-3H3. The number of hydrogen-bond acceptors (Lipinski definition) is 4. The molecule has 4 rings (SSSR count). The van der Waals surface area contributed by atoms with Crippen LogP contribution in [0.4, 0.5) is 0 Å². The van der Waals surface area contributed by atoms with Crippen molar-refractivity contribution in [3.63, 3.8) is 0 Å². The van der Waals surface area contributed by atoms with Crippen molar-refractivity contribution in [3.05, 3.63) is 41.5 Å². The molecule has 2 aromatic rings. The Morgan fingerprint density at radius 1 is 1.03 bits per heavy atom. The molecule has 0 N–H and O–H groups in total. The van der Waals surface area contributed by atoms with Crippen LogP contribution >= 0.6 is 0 Å². The molecule has 0 bridgehead atoms. The molecular formula is C24H33N5O2. The molecule has 1 saturated heterocycles. The van der Waals surface area contributed by atoms with Crippen LogP contribution in [0.3, 0.4) is 0 Å². The van der Waals surface area contributed by atoms with Crippen LogP contribution in [0.25, 0.3) is 5.69 Å². The molecule has 7 heteroatoms. The Morgan fingerprint density at radius 2 is 1.68 bits per heavy atom. The van der Waals surface area contributed by atoms with Crippen molar-refractivity contribution < 1.29 is 9.59 Å². The maximum atomic E-state index is 13.1. The second kappa shape index (κ2) is 9.20. The van der Waals surface area contributed by atoms with Gasteiger partial charge in [0.2, 0.25) is 11.7 Å². The molecule has 31 heavy (non-hydrogen) atoms. The lowest BCUT2D eigenvalue weighted by Gasteiger charge is -2.34. The molecule has 1 aliphatic heterocycles. The van der Waals surface area contributed by atoms with Crippen LogP contribution in [0.1, 0.15) is 73.9 Å². The zero-order chi connectivity index (χ0) is 22.0. The quantitative estimate of drug-likeness (QED) is 0.737. The van der Waals surface area contributed by atoms with Crippen molar-refractivity contribution in [3.8, 4) is 5.69 Å². The molecule has 1 aromatic carbocycles. The topological polar surface area (TPSA) is 71.3 Å². The van der Waals surface area contributed by atoms with Gasteiger partial charge in [-0.1, -0.05) is 44.9 Å². The van der Waals surface area contributed by atoms with Gasteiger partial charge in [0, 0.05) is 32.6 Å². The summed E-state index contributed by atoms with van der Waals surface area (Å²) in [6, 6.07) is 8.10. The maximum Gasteiger partial charge on any atom is 0.293 e. The number of piperazine rings is 1. The molecule has 2 fully saturated rings. The summed E-state index contributed by atoms with van der Waals surface area (Å²) in [5, 5.41) is 4.55. The van der Waals surface area contributed by atoms with E-state index in [0.717, 1.165) is 5.69 Å². The van der Waals surface area contributed by atoms with E-state index in [1.54, 1.807) is 9.58 Å².